The summed E-state index contributed by atoms with van der Waals surface area (Å²) in [7, 11) is 0. The van der Waals surface area contributed by atoms with E-state index in [0.29, 0.717) is 33.8 Å². The highest BCUT2D eigenvalue weighted by Gasteiger charge is 2.16. The van der Waals surface area contributed by atoms with Crippen molar-refractivity contribution in [1.82, 2.24) is 0 Å². The Morgan fingerprint density at radius 1 is 1.15 bits per heavy atom. The first-order valence-electron chi connectivity index (χ1n) is 8.03. The van der Waals surface area contributed by atoms with Crippen LogP contribution in [0.3, 0.4) is 0 Å². The zero-order valence-corrected chi connectivity index (χ0v) is 15.6. The van der Waals surface area contributed by atoms with E-state index in [1.165, 1.54) is 0 Å². The topological polar surface area (TPSA) is 103 Å². The maximum absolute atomic E-state index is 12.0. The molecule has 1 heterocycles. The molecular formula is C19H18O7S. The van der Waals surface area contributed by atoms with Gasteiger partial charge in [-0.2, -0.15) is 8.42 Å². The Morgan fingerprint density at radius 3 is 2.41 bits per heavy atom. The van der Waals surface area contributed by atoms with E-state index in [1.807, 2.05) is 31.2 Å². The van der Waals surface area contributed by atoms with Gasteiger partial charge in [0, 0.05) is 0 Å². The smallest absolute Gasteiger partial charge is 0.338 e. The third-order valence-corrected chi connectivity index (χ3v) is 3.57. The molecule has 2 aromatic carbocycles. The lowest BCUT2D eigenvalue weighted by Gasteiger charge is -2.09. The summed E-state index contributed by atoms with van der Waals surface area (Å²) in [5.74, 6) is 1.08. The molecule has 0 saturated carbocycles. The Labute approximate surface area is 159 Å². The van der Waals surface area contributed by atoms with Crippen LogP contribution >= 0.6 is 0 Å². The predicted molar refractivity (Wildman–Crippen MR) is 98.3 cm³/mol. The number of carbonyl (C=O) groups is 1. The summed E-state index contributed by atoms with van der Waals surface area (Å²) >= 11 is -0.750. The summed E-state index contributed by atoms with van der Waals surface area (Å²) in [6.45, 7) is 3.79. The second-order valence-corrected chi connectivity index (χ2v) is 5.60. The Morgan fingerprint density at radius 2 is 1.81 bits per heavy atom. The van der Waals surface area contributed by atoms with Crippen LogP contribution in [0.25, 0.3) is 11.0 Å². The molecule has 142 valence electrons. The summed E-state index contributed by atoms with van der Waals surface area (Å²) < 4.78 is 33.1. The van der Waals surface area contributed by atoms with Crippen molar-refractivity contribution in [1.29, 1.82) is 0 Å². The number of aliphatic hydroxyl groups excluding tert-OH is 1. The first-order chi connectivity index (χ1) is 13.0. The molecule has 0 saturated heterocycles. The molecule has 0 bridgehead atoms. The molecule has 0 aliphatic heterocycles. The monoisotopic (exact) mass is 390 g/mol. The van der Waals surface area contributed by atoms with Crippen LogP contribution in [-0.2, 0) is 22.9 Å². The number of fused-ring (bicyclic) bond motifs is 1. The second-order valence-electron chi connectivity index (χ2n) is 5.46. The maximum Gasteiger partial charge on any atom is 0.338 e. The molecule has 0 unspecified atom stereocenters. The van der Waals surface area contributed by atoms with E-state index in [-0.39, 0.29) is 13.2 Å². The van der Waals surface area contributed by atoms with Crippen molar-refractivity contribution in [3.8, 4) is 11.5 Å². The van der Waals surface area contributed by atoms with Crippen LogP contribution in [0.2, 0.25) is 0 Å². The molecule has 27 heavy (non-hydrogen) atoms. The van der Waals surface area contributed by atoms with E-state index in [2.05, 4.69) is 0 Å². The van der Waals surface area contributed by atoms with Crippen molar-refractivity contribution in [2.45, 2.75) is 20.5 Å². The van der Waals surface area contributed by atoms with Crippen molar-refractivity contribution >= 4 is 28.5 Å². The zero-order valence-electron chi connectivity index (χ0n) is 14.8. The maximum atomic E-state index is 12.0. The highest BCUT2D eigenvalue weighted by molar-refractivity contribution is 7.51. The molecule has 0 amide bonds. The summed E-state index contributed by atoms with van der Waals surface area (Å²) in [6, 6.07) is 12.5. The summed E-state index contributed by atoms with van der Waals surface area (Å²) in [6.07, 6.45) is 0. The van der Waals surface area contributed by atoms with Gasteiger partial charge in [0.2, 0.25) is 0 Å². The number of furan rings is 1. The van der Waals surface area contributed by atoms with E-state index in [1.54, 1.807) is 25.1 Å². The number of hydrogen-bond acceptors (Lipinski definition) is 7. The number of aryl methyl sites for hydroxylation is 1. The van der Waals surface area contributed by atoms with E-state index in [0.717, 1.165) is 5.56 Å². The standard InChI is InChI=1S/C19H18O5.O2S/c1-3-22-19(21)13-8-17(23-14-6-4-12(2)5-7-14)16-10-15(11-20)24-18(16)9-13;1-3-2/h4-10,20H,3,11H2,1-2H3;. The minimum absolute atomic E-state index is 0.229. The highest BCUT2D eigenvalue weighted by Crippen LogP contribution is 2.34. The largest absolute Gasteiger partial charge is 0.462 e. The molecule has 0 aliphatic rings. The lowest BCUT2D eigenvalue weighted by molar-refractivity contribution is 0.0526. The third kappa shape index (κ3) is 5.25. The summed E-state index contributed by atoms with van der Waals surface area (Å²) in [5, 5.41) is 9.97. The Balaban J connectivity index is 0.000000817. The van der Waals surface area contributed by atoms with Crippen molar-refractivity contribution < 1.29 is 32.2 Å². The zero-order chi connectivity index (χ0) is 19.8. The van der Waals surface area contributed by atoms with Crippen LogP contribution in [0.4, 0.5) is 0 Å². The van der Waals surface area contributed by atoms with Crippen LogP contribution in [0, 0.1) is 6.92 Å². The molecule has 0 fully saturated rings. The average molecular weight is 390 g/mol. The molecule has 3 aromatic rings. The average Bonchev–Trinajstić information content (AvgIpc) is 3.08. The van der Waals surface area contributed by atoms with E-state index in [4.69, 9.17) is 22.3 Å². The third-order valence-electron chi connectivity index (χ3n) is 3.57. The number of ether oxygens (including phenoxy) is 2. The second kappa shape index (κ2) is 9.65. The number of rotatable bonds is 5. The molecule has 1 aromatic heterocycles. The van der Waals surface area contributed by atoms with Gasteiger partial charge in [0.15, 0.2) is 0 Å². The lowest BCUT2D eigenvalue weighted by atomic mass is 10.1. The predicted octanol–water partition coefficient (Wildman–Crippen LogP) is 3.53. The number of aliphatic hydroxyl groups is 1. The molecule has 0 spiro atoms. The minimum atomic E-state index is -0.750. The van der Waals surface area contributed by atoms with Crippen LogP contribution < -0.4 is 4.74 Å². The highest BCUT2D eigenvalue weighted by atomic mass is 32.1. The van der Waals surface area contributed by atoms with Crippen molar-refractivity contribution in [3.05, 3.63) is 59.4 Å². The van der Waals surface area contributed by atoms with E-state index in [9.17, 15) is 9.90 Å². The van der Waals surface area contributed by atoms with Crippen LogP contribution in [0.15, 0.2) is 46.9 Å². The Bertz CT molecular complexity index is 954. The molecule has 0 radical (unpaired) electrons. The van der Waals surface area contributed by atoms with Gasteiger partial charge in [0.1, 0.15) is 29.4 Å². The van der Waals surface area contributed by atoms with Gasteiger partial charge in [0.25, 0.3) is 0 Å². The van der Waals surface area contributed by atoms with Crippen LogP contribution in [-0.4, -0.2) is 26.1 Å². The van der Waals surface area contributed by atoms with Crippen LogP contribution in [0.1, 0.15) is 28.6 Å². The van der Waals surface area contributed by atoms with Crippen molar-refractivity contribution in [2.24, 2.45) is 0 Å². The molecule has 8 heteroatoms. The fourth-order valence-electron chi connectivity index (χ4n) is 2.39. The van der Waals surface area contributed by atoms with Gasteiger partial charge in [-0.15, -0.1) is 0 Å². The quantitative estimate of drug-likeness (QED) is 0.665. The Kier molecular flexibility index (Phi) is 7.27. The van der Waals surface area contributed by atoms with Gasteiger partial charge < -0.3 is 19.0 Å². The number of esters is 1. The van der Waals surface area contributed by atoms with Gasteiger partial charge in [-0.1, -0.05) is 17.7 Å². The molecular weight excluding hydrogens is 372 g/mol. The van der Waals surface area contributed by atoms with Gasteiger partial charge in [-0.05, 0) is 44.2 Å². The molecule has 3 rings (SSSR count). The Hall–Kier alpha value is -2.97. The first kappa shape index (κ1) is 20.3. The fraction of sp³-hybridized carbons (Fsp3) is 0.211. The molecule has 1 N–H and O–H groups in total. The van der Waals surface area contributed by atoms with Crippen molar-refractivity contribution in [2.75, 3.05) is 6.61 Å². The van der Waals surface area contributed by atoms with Gasteiger partial charge in [-0.3, -0.25) is 0 Å². The van der Waals surface area contributed by atoms with Gasteiger partial charge in [-0.25, -0.2) is 4.79 Å². The SMILES string of the molecule is CCOC(=O)c1cc(Oc2ccc(C)cc2)c2cc(CO)oc2c1.O=S=O. The number of hydrogen-bond donors (Lipinski definition) is 1. The number of benzene rings is 2. The summed E-state index contributed by atoms with van der Waals surface area (Å²) in [4.78, 5) is 12.0. The van der Waals surface area contributed by atoms with Gasteiger partial charge in [0.05, 0.1) is 17.6 Å². The normalized spacial score (nSPS) is 10.0. The van der Waals surface area contributed by atoms with E-state index < -0.39 is 17.5 Å². The van der Waals surface area contributed by atoms with Crippen molar-refractivity contribution in [3.63, 3.8) is 0 Å². The van der Waals surface area contributed by atoms with Gasteiger partial charge >= 0.3 is 17.5 Å². The summed E-state index contributed by atoms with van der Waals surface area (Å²) in [5.41, 5.74) is 1.93. The minimum Gasteiger partial charge on any atom is -0.462 e. The molecule has 0 atom stereocenters. The molecule has 0 aliphatic carbocycles. The van der Waals surface area contributed by atoms with E-state index >= 15 is 0 Å². The van der Waals surface area contributed by atoms with Crippen LogP contribution in [0.5, 0.6) is 11.5 Å². The molecule has 7 nitrogen and oxygen atoms in total. The lowest BCUT2D eigenvalue weighted by Crippen LogP contribution is -2.04. The fourth-order valence-corrected chi connectivity index (χ4v) is 2.39. The number of carbonyl (C=O) groups excluding carboxylic acids is 1. The first-order valence-corrected chi connectivity index (χ1v) is 8.69.